The molecule has 100 valence electrons. The van der Waals surface area contributed by atoms with E-state index in [0.29, 0.717) is 5.92 Å². The minimum absolute atomic E-state index is 0.344. The molecule has 1 unspecified atom stereocenters. The fourth-order valence-electron chi connectivity index (χ4n) is 3.51. The van der Waals surface area contributed by atoms with Gasteiger partial charge in [-0.05, 0) is 39.8 Å². The molecule has 0 aromatic heterocycles. The van der Waals surface area contributed by atoms with Crippen LogP contribution in [0.15, 0.2) is 60.7 Å². The normalized spacial score (nSPS) is 18.0. The predicted molar refractivity (Wildman–Crippen MR) is 88.9 cm³/mol. The highest BCUT2D eigenvalue weighted by atomic mass is 14.3. The van der Waals surface area contributed by atoms with Crippen molar-refractivity contribution < 1.29 is 0 Å². The van der Waals surface area contributed by atoms with Crippen molar-refractivity contribution in [3.63, 3.8) is 0 Å². The molecule has 2 aliphatic rings. The topological polar surface area (TPSA) is 0 Å². The average molecular weight is 268 g/mol. The van der Waals surface area contributed by atoms with Crippen molar-refractivity contribution in [3.8, 4) is 23.5 Å². The van der Waals surface area contributed by atoms with Crippen molar-refractivity contribution in [2.75, 3.05) is 0 Å². The second-order valence-corrected chi connectivity index (χ2v) is 5.67. The largest absolute Gasteiger partial charge is 0.120 e. The van der Waals surface area contributed by atoms with E-state index in [2.05, 4.69) is 66.6 Å². The molecule has 0 saturated heterocycles. The Morgan fingerprint density at radius 3 is 2.71 bits per heavy atom. The third kappa shape index (κ3) is 1.86. The first-order valence-electron chi connectivity index (χ1n) is 7.41. The fourth-order valence-corrected chi connectivity index (χ4v) is 3.51. The average Bonchev–Trinajstić information content (AvgIpc) is 3.15. The minimum atomic E-state index is 0.344. The highest BCUT2D eigenvalue weighted by molar-refractivity contribution is 5.82. The monoisotopic (exact) mass is 268 g/mol. The Balaban J connectivity index is 1.87. The molecule has 0 fully saturated rings. The lowest BCUT2D eigenvalue weighted by Gasteiger charge is -2.12. The molecule has 0 nitrogen and oxygen atoms in total. The third-order valence-corrected chi connectivity index (χ3v) is 4.52. The van der Waals surface area contributed by atoms with Crippen LogP contribution >= 0.6 is 0 Å². The maximum atomic E-state index is 5.61. The first kappa shape index (κ1) is 12.2. The number of rotatable bonds is 2. The van der Waals surface area contributed by atoms with Gasteiger partial charge in [0.2, 0.25) is 0 Å². The summed E-state index contributed by atoms with van der Waals surface area (Å²) < 4.78 is 0. The van der Waals surface area contributed by atoms with Gasteiger partial charge in [0.15, 0.2) is 0 Å². The molecule has 0 amide bonds. The fraction of sp³-hybridized carbons (Fsp3) is 0.143. The van der Waals surface area contributed by atoms with E-state index < -0.39 is 0 Å². The molecule has 0 aliphatic heterocycles. The van der Waals surface area contributed by atoms with Crippen LogP contribution in [0.5, 0.6) is 0 Å². The van der Waals surface area contributed by atoms with Crippen LogP contribution in [0.2, 0.25) is 0 Å². The second-order valence-electron chi connectivity index (χ2n) is 5.67. The van der Waals surface area contributed by atoms with E-state index in [1.165, 1.54) is 33.4 Å². The van der Waals surface area contributed by atoms with Crippen molar-refractivity contribution in [3.05, 3.63) is 77.4 Å². The van der Waals surface area contributed by atoms with Crippen LogP contribution in [0.1, 0.15) is 35.4 Å². The molecule has 2 aromatic carbocycles. The zero-order valence-electron chi connectivity index (χ0n) is 11.8. The molecule has 0 spiro atoms. The van der Waals surface area contributed by atoms with E-state index in [0.717, 1.165) is 12.8 Å². The van der Waals surface area contributed by atoms with E-state index >= 15 is 0 Å². The quantitative estimate of drug-likeness (QED) is 0.659. The van der Waals surface area contributed by atoms with Gasteiger partial charge in [0.05, 0.1) is 0 Å². The molecule has 21 heavy (non-hydrogen) atoms. The Labute approximate surface area is 125 Å². The van der Waals surface area contributed by atoms with Crippen molar-refractivity contribution in [1.29, 1.82) is 0 Å². The molecular weight excluding hydrogens is 252 g/mol. The zero-order chi connectivity index (χ0) is 14.2. The van der Waals surface area contributed by atoms with Crippen LogP contribution in [0.4, 0.5) is 0 Å². The summed E-state index contributed by atoms with van der Waals surface area (Å²) in [6.07, 6.45) is 14.0. The van der Waals surface area contributed by atoms with Crippen LogP contribution in [0.25, 0.3) is 16.7 Å². The highest BCUT2D eigenvalue weighted by Gasteiger charge is 2.28. The summed E-state index contributed by atoms with van der Waals surface area (Å²) in [4.78, 5) is 0. The molecule has 0 heterocycles. The minimum Gasteiger partial charge on any atom is -0.120 e. The summed E-state index contributed by atoms with van der Waals surface area (Å²) >= 11 is 0. The van der Waals surface area contributed by atoms with Gasteiger partial charge in [-0.2, -0.15) is 0 Å². The van der Waals surface area contributed by atoms with Gasteiger partial charge in [-0.1, -0.05) is 60.7 Å². The molecular formula is C21H16. The number of hydrogen-bond acceptors (Lipinski definition) is 0. The lowest BCUT2D eigenvalue weighted by molar-refractivity contribution is 0.873. The van der Waals surface area contributed by atoms with Crippen molar-refractivity contribution in [2.45, 2.75) is 18.8 Å². The molecule has 0 N–H and O–H groups in total. The van der Waals surface area contributed by atoms with Gasteiger partial charge < -0.3 is 0 Å². The molecule has 4 rings (SSSR count). The van der Waals surface area contributed by atoms with Gasteiger partial charge in [0.1, 0.15) is 0 Å². The molecule has 0 heteroatoms. The van der Waals surface area contributed by atoms with Crippen LogP contribution in [0.3, 0.4) is 0 Å². The number of fused-ring (bicyclic) bond motifs is 3. The van der Waals surface area contributed by atoms with Crippen LogP contribution in [-0.2, 0) is 0 Å². The Morgan fingerprint density at radius 1 is 1.05 bits per heavy atom. The second kappa shape index (κ2) is 4.79. The van der Waals surface area contributed by atoms with Crippen LogP contribution in [0, 0.1) is 12.3 Å². The molecule has 2 aliphatic carbocycles. The summed E-state index contributed by atoms with van der Waals surface area (Å²) in [5.74, 6) is 3.20. The Kier molecular flexibility index (Phi) is 2.79. The number of hydrogen-bond donors (Lipinski definition) is 0. The van der Waals surface area contributed by atoms with Gasteiger partial charge in [0, 0.05) is 12.3 Å². The summed E-state index contributed by atoms with van der Waals surface area (Å²) in [7, 11) is 0. The third-order valence-electron chi connectivity index (χ3n) is 4.52. The predicted octanol–water partition coefficient (Wildman–Crippen LogP) is 5.17. The van der Waals surface area contributed by atoms with E-state index in [1.807, 2.05) is 0 Å². The van der Waals surface area contributed by atoms with Gasteiger partial charge in [-0.15, -0.1) is 12.3 Å². The van der Waals surface area contributed by atoms with Gasteiger partial charge in [-0.25, -0.2) is 0 Å². The maximum Gasteiger partial charge on any atom is 0.0211 e. The van der Waals surface area contributed by atoms with E-state index in [-0.39, 0.29) is 0 Å². The van der Waals surface area contributed by atoms with Crippen LogP contribution < -0.4 is 0 Å². The van der Waals surface area contributed by atoms with Crippen molar-refractivity contribution in [2.24, 2.45) is 0 Å². The van der Waals surface area contributed by atoms with Crippen molar-refractivity contribution in [1.82, 2.24) is 0 Å². The SMILES string of the molecule is C#CCC1c2ccccc2-c2ccc(C3=CC=CC3)cc21. The zero-order valence-corrected chi connectivity index (χ0v) is 11.8. The summed E-state index contributed by atoms with van der Waals surface area (Å²) in [5.41, 5.74) is 8.18. The highest BCUT2D eigenvalue weighted by Crippen LogP contribution is 2.47. The standard InChI is InChI=1S/C21H16/c1-2-7-17-18-10-5-6-11-19(18)20-13-12-16(14-21(17)20)15-8-3-4-9-15/h1,3-6,8,10-14,17H,7,9H2. The Hall–Kier alpha value is -2.52. The maximum absolute atomic E-state index is 5.61. The molecule has 2 aromatic rings. The first-order chi connectivity index (χ1) is 10.4. The van der Waals surface area contributed by atoms with E-state index in [4.69, 9.17) is 6.42 Å². The van der Waals surface area contributed by atoms with Gasteiger partial charge >= 0.3 is 0 Å². The Bertz CT molecular complexity index is 812. The van der Waals surface area contributed by atoms with Gasteiger partial charge in [0.25, 0.3) is 0 Å². The molecule has 0 bridgehead atoms. The first-order valence-corrected chi connectivity index (χ1v) is 7.41. The smallest absolute Gasteiger partial charge is 0.0211 e. The van der Waals surface area contributed by atoms with Gasteiger partial charge in [-0.3, -0.25) is 0 Å². The number of benzene rings is 2. The number of allylic oxidation sites excluding steroid dienone is 4. The summed E-state index contributed by atoms with van der Waals surface area (Å²) in [6.45, 7) is 0. The molecule has 0 saturated carbocycles. The molecule has 1 atom stereocenters. The summed E-state index contributed by atoms with van der Waals surface area (Å²) in [6, 6.07) is 15.5. The Morgan fingerprint density at radius 2 is 1.90 bits per heavy atom. The summed E-state index contributed by atoms with van der Waals surface area (Å²) in [5, 5.41) is 0. The lowest BCUT2D eigenvalue weighted by atomic mass is 9.91. The van der Waals surface area contributed by atoms with E-state index in [9.17, 15) is 0 Å². The number of terminal acetylenes is 1. The van der Waals surface area contributed by atoms with Crippen molar-refractivity contribution >= 4 is 5.57 Å². The lowest BCUT2D eigenvalue weighted by Crippen LogP contribution is -1.96. The van der Waals surface area contributed by atoms with E-state index in [1.54, 1.807) is 0 Å². The molecule has 0 radical (unpaired) electrons. The van der Waals surface area contributed by atoms with Crippen LogP contribution in [-0.4, -0.2) is 0 Å².